The van der Waals surface area contributed by atoms with Crippen molar-refractivity contribution in [3.8, 4) is 11.4 Å². The second-order valence-electron chi connectivity index (χ2n) is 7.80. The lowest BCUT2D eigenvalue weighted by molar-refractivity contribution is -0.175. The fourth-order valence-electron chi connectivity index (χ4n) is 3.36. The van der Waals surface area contributed by atoms with Crippen molar-refractivity contribution in [1.29, 1.82) is 0 Å². The lowest BCUT2D eigenvalue weighted by Gasteiger charge is -2.29. The Morgan fingerprint density at radius 3 is 2.50 bits per heavy atom. The van der Waals surface area contributed by atoms with Crippen molar-refractivity contribution in [2.75, 3.05) is 0 Å². The van der Waals surface area contributed by atoms with Gasteiger partial charge in [-0.25, -0.2) is 4.68 Å². The van der Waals surface area contributed by atoms with E-state index in [9.17, 15) is 22.8 Å². The van der Waals surface area contributed by atoms with Crippen molar-refractivity contribution >= 4 is 28.4 Å². The molecule has 3 aromatic rings. The number of benzene rings is 1. The zero-order valence-corrected chi connectivity index (χ0v) is 18.5. The Kier molecular flexibility index (Phi) is 6.54. The summed E-state index contributed by atoms with van der Waals surface area (Å²) in [6, 6.07) is 5.40. The number of hydrogen-bond donors (Lipinski definition) is 1. The SMILES string of the molecule is CC(C)[C@H](NC(=O)C(F)(F)F)[C@@H](C)Oc1cc2cnn(-c3ccc(=O)n(C)c3)c2cc1Cl. The Hall–Kier alpha value is -3.01. The van der Waals surface area contributed by atoms with E-state index < -0.39 is 24.2 Å². The largest absolute Gasteiger partial charge is 0.487 e. The number of carbonyl (C=O) groups is 1. The van der Waals surface area contributed by atoms with Crippen LogP contribution >= 0.6 is 11.6 Å². The van der Waals surface area contributed by atoms with Gasteiger partial charge in [-0.2, -0.15) is 18.3 Å². The molecule has 0 spiro atoms. The third kappa shape index (κ3) is 4.90. The summed E-state index contributed by atoms with van der Waals surface area (Å²) in [6.45, 7) is 4.93. The van der Waals surface area contributed by atoms with E-state index in [0.717, 1.165) is 0 Å². The summed E-state index contributed by atoms with van der Waals surface area (Å²) in [7, 11) is 1.63. The smallest absolute Gasteiger partial charge is 0.471 e. The Labute approximate surface area is 186 Å². The fourth-order valence-corrected chi connectivity index (χ4v) is 3.56. The van der Waals surface area contributed by atoms with Crippen LogP contribution in [0, 0.1) is 5.92 Å². The van der Waals surface area contributed by atoms with Crippen molar-refractivity contribution in [2.45, 2.75) is 39.1 Å². The maximum Gasteiger partial charge on any atom is 0.471 e. The van der Waals surface area contributed by atoms with Gasteiger partial charge in [0.15, 0.2) is 0 Å². The number of nitrogens with one attached hydrogen (secondary N) is 1. The molecule has 0 aliphatic heterocycles. The monoisotopic (exact) mass is 470 g/mol. The molecule has 0 unspecified atom stereocenters. The predicted molar refractivity (Wildman–Crippen MR) is 114 cm³/mol. The van der Waals surface area contributed by atoms with E-state index in [2.05, 4.69) is 5.10 Å². The number of rotatable bonds is 6. The molecule has 0 aliphatic carbocycles. The molecule has 0 radical (unpaired) electrons. The topological polar surface area (TPSA) is 78.2 Å². The molecular formula is C21H22ClF3N4O3. The van der Waals surface area contributed by atoms with Gasteiger partial charge in [0.2, 0.25) is 5.56 Å². The quantitative estimate of drug-likeness (QED) is 0.593. The first-order valence-electron chi connectivity index (χ1n) is 9.77. The van der Waals surface area contributed by atoms with E-state index in [-0.39, 0.29) is 22.2 Å². The van der Waals surface area contributed by atoms with Gasteiger partial charge < -0.3 is 14.6 Å². The number of amides is 1. The van der Waals surface area contributed by atoms with E-state index in [4.69, 9.17) is 16.3 Å². The number of alkyl halides is 3. The standard InChI is InChI=1S/C21H22ClF3N4O3/c1-11(2)19(27-20(31)21(23,24)25)12(3)32-17-7-13-9-26-29(16(13)8-15(17)22)14-5-6-18(30)28(4)10-14/h5-12,19H,1-4H3,(H,27,31)/t12-,19+/m1/s1. The van der Waals surface area contributed by atoms with Crippen LogP contribution in [-0.4, -0.2) is 38.6 Å². The Morgan fingerprint density at radius 2 is 1.91 bits per heavy atom. The number of carbonyl (C=O) groups excluding carboxylic acids is 1. The number of ether oxygens (including phenoxy) is 1. The van der Waals surface area contributed by atoms with E-state index in [0.29, 0.717) is 16.6 Å². The molecule has 0 fully saturated rings. The highest BCUT2D eigenvalue weighted by atomic mass is 35.5. The summed E-state index contributed by atoms with van der Waals surface area (Å²) >= 11 is 6.39. The van der Waals surface area contributed by atoms with Gasteiger partial charge in [-0.1, -0.05) is 25.4 Å². The van der Waals surface area contributed by atoms with Gasteiger partial charge >= 0.3 is 12.1 Å². The van der Waals surface area contributed by atoms with Crippen LogP contribution in [0.2, 0.25) is 5.02 Å². The molecular weight excluding hydrogens is 449 g/mol. The lowest BCUT2D eigenvalue weighted by Crippen LogP contribution is -2.51. The Bertz CT molecular complexity index is 1200. The van der Waals surface area contributed by atoms with E-state index >= 15 is 0 Å². The Balaban J connectivity index is 1.89. The highest BCUT2D eigenvalue weighted by Gasteiger charge is 2.41. The summed E-state index contributed by atoms with van der Waals surface area (Å²) in [4.78, 5) is 23.0. The Morgan fingerprint density at radius 1 is 1.22 bits per heavy atom. The third-order valence-electron chi connectivity index (χ3n) is 5.03. The highest BCUT2D eigenvalue weighted by molar-refractivity contribution is 6.32. The zero-order valence-electron chi connectivity index (χ0n) is 17.8. The first-order valence-corrected chi connectivity index (χ1v) is 10.1. The molecule has 2 aromatic heterocycles. The minimum atomic E-state index is -4.99. The van der Waals surface area contributed by atoms with Crippen LogP contribution < -0.4 is 15.6 Å². The highest BCUT2D eigenvalue weighted by Crippen LogP contribution is 2.32. The molecule has 0 bridgehead atoms. The molecule has 0 saturated carbocycles. The number of fused-ring (bicyclic) bond motifs is 1. The zero-order chi connectivity index (χ0) is 23.8. The molecule has 1 aromatic carbocycles. The van der Waals surface area contributed by atoms with E-state index in [1.807, 2.05) is 5.32 Å². The molecule has 172 valence electrons. The van der Waals surface area contributed by atoms with Crippen molar-refractivity contribution in [3.05, 3.63) is 52.0 Å². The molecule has 0 aliphatic rings. The lowest BCUT2D eigenvalue weighted by atomic mass is 9.99. The summed E-state index contributed by atoms with van der Waals surface area (Å²) < 4.78 is 46.9. The molecule has 2 heterocycles. The summed E-state index contributed by atoms with van der Waals surface area (Å²) in [5.41, 5.74) is 1.14. The molecule has 0 saturated heterocycles. The molecule has 3 rings (SSSR count). The minimum absolute atomic E-state index is 0.162. The van der Waals surface area contributed by atoms with Gasteiger partial charge in [-0.3, -0.25) is 9.59 Å². The molecule has 1 N–H and O–H groups in total. The van der Waals surface area contributed by atoms with Gasteiger partial charge in [0.05, 0.1) is 28.5 Å². The van der Waals surface area contributed by atoms with E-state index in [1.54, 1.807) is 63.1 Å². The maximum absolute atomic E-state index is 12.7. The van der Waals surface area contributed by atoms with Gasteiger partial charge in [0.1, 0.15) is 11.9 Å². The molecule has 1 amide bonds. The third-order valence-corrected chi connectivity index (χ3v) is 5.32. The van der Waals surface area contributed by atoms with E-state index in [1.165, 1.54) is 10.6 Å². The number of aryl methyl sites for hydroxylation is 1. The minimum Gasteiger partial charge on any atom is -0.487 e. The van der Waals surface area contributed by atoms with Gasteiger partial charge in [-0.15, -0.1) is 0 Å². The first-order chi connectivity index (χ1) is 14.9. The van der Waals surface area contributed by atoms with Crippen molar-refractivity contribution in [1.82, 2.24) is 19.7 Å². The molecule has 32 heavy (non-hydrogen) atoms. The second kappa shape index (κ2) is 8.85. The normalized spacial score (nSPS) is 13.9. The number of pyridine rings is 1. The van der Waals surface area contributed by atoms with Gasteiger partial charge in [0, 0.05) is 24.7 Å². The second-order valence-corrected chi connectivity index (χ2v) is 8.21. The maximum atomic E-state index is 12.7. The molecule has 2 atom stereocenters. The first kappa shape index (κ1) is 23.6. The number of hydrogen-bond acceptors (Lipinski definition) is 4. The van der Waals surface area contributed by atoms with Crippen LogP contribution in [0.3, 0.4) is 0 Å². The summed E-state index contributed by atoms with van der Waals surface area (Å²) in [6.07, 6.45) is -2.57. The number of aromatic nitrogens is 3. The average molecular weight is 471 g/mol. The van der Waals surface area contributed by atoms with Crippen LogP contribution in [0.15, 0.2) is 41.5 Å². The van der Waals surface area contributed by atoms with Crippen LogP contribution in [-0.2, 0) is 11.8 Å². The molecule has 11 heteroatoms. The van der Waals surface area contributed by atoms with Crippen LogP contribution in [0.25, 0.3) is 16.6 Å². The van der Waals surface area contributed by atoms with Gasteiger partial charge in [0.25, 0.3) is 0 Å². The van der Waals surface area contributed by atoms with Crippen molar-refractivity contribution < 1.29 is 22.7 Å². The summed E-state index contributed by atoms with van der Waals surface area (Å²) in [5, 5.41) is 7.22. The number of nitrogens with zero attached hydrogens (tertiary/aromatic N) is 3. The predicted octanol–water partition coefficient (Wildman–Crippen LogP) is 3.85. The number of halogens is 4. The average Bonchev–Trinajstić information content (AvgIpc) is 3.09. The molecule has 7 nitrogen and oxygen atoms in total. The van der Waals surface area contributed by atoms with Crippen LogP contribution in [0.1, 0.15) is 20.8 Å². The van der Waals surface area contributed by atoms with Crippen molar-refractivity contribution in [3.63, 3.8) is 0 Å². The van der Waals surface area contributed by atoms with Crippen LogP contribution in [0.4, 0.5) is 13.2 Å². The fraction of sp³-hybridized carbons (Fsp3) is 0.381. The summed E-state index contributed by atoms with van der Waals surface area (Å²) in [5.74, 6) is -2.10. The van der Waals surface area contributed by atoms with Crippen molar-refractivity contribution in [2.24, 2.45) is 13.0 Å². The van der Waals surface area contributed by atoms with Crippen LogP contribution in [0.5, 0.6) is 5.75 Å². The van der Waals surface area contributed by atoms with Gasteiger partial charge in [-0.05, 0) is 31.0 Å².